The molecular weight excluding hydrogens is 328 g/mol. The summed E-state index contributed by atoms with van der Waals surface area (Å²) in [6, 6.07) is 13.0. The van der Waals surface area contributed by atoms with E-state index < -0.39 is 0 Å². The third-order valence-corrected chi connectivity index (χ3v) is 5.01. The van der Waals surface area contributed by atoms with Crippen LogP contribution in [0.5, 0.6) is 0 Å². The van der Waals surface area contributed by atoms with Crippen molar-refractivity contribution in [1.82, 2.24) is 14.9 Å². The van der Waals surface area contributed by atoms with Crippen molar-refractivity contribution in [2.24, 2.45) is 0 Å². The molecule has 2 aliphatic rings. The lowest BCUT2D eigenvalue weighted by atomic mass is 10.1. The van der Waals surface area contributed by atoms with Gasteiger partial charge in [-0.05, 0) is 24.5 Å². The van der Waals surface area contributed by atoms with E-state index in [1.54, 1.807) is 0 Å². The largest absolute Gasteiger partial charge is 0.381 e. The number of aromatic nitrogens is 2. The summed E-state index contributed by atoms with van der Waals surface area (Å²) in [6.07, 6.45) is 3.89. The highest BCUT2D eigenvalue weighted by Crippen LogP contribution is 2.24. The number of rotatable bonds is 5. The average molecular weight is 354 g/mol. The van der Waals surface area contributed by atoms with Gasteiger partial charge in [0.25, 0.3) is 0 Å². The highest BCUT2D eigenvalue weighted by atomic mass is 16.5. The molecule has 0 aliphatic carbocycles. The van der Waals surface area contributed by atoms with Crippen LogP contribution in [0.2, 0.25) is 0 Å². The molecule has 6 heteroatoms. The Morgan fingerprint density at radius 2 is 1.88 bits per heavy atom. The first-order valence-corrected chi connectivity index (χ1v) is 9.41. The monoisotopic (exact) mass is 354 g/mol. The van der Waals surface area contributed by atoms with E-state index in [4.69, 9.17) is 14.5 Å². The molecule has 0 spiro atoms. The fourth-order valence-corrected chi connectivity index (χ4v) is 3.55. The van der Waals surface area contributed by atoms with Crippen LogP contribution in [-0.4, -0.2) is 53.9 Å². The molecule has 2 fully saturated rings. The number of anilines is 1. The van der Waals surface area contributed by atoms with Gasteiger partial charge >= 0.3 is 0 Å². The molecule has 1 aromatic carbocycles. The minimum absolute atomic E-state index is 0.0837. The molecule has 2 aliphatic heterocycles. The normalized spacial score (nSPS) is 22.2. The highest BCUT2D eigenvalue weighted by molar-refractivity contribution is 5.35. The second kappa shape index (κ2) is 8.58. The summed E-state index contributed by atoms with van der Waals surface area (Å²) in [5, 5.41) is 3.53. The van der Waals surface area contributed by atoms with Gasteiger partial charge in [-0.2, -0.15) is 0 Å². The fraction of sp³-hybridized carbons (Fsp3) is 0.500. The number of nitrogens with zero attached hydrogens (tertiary/aromatic N) is 3. The summed E-state index contributed by atoms with van der Waals surface area (Å²) >= 11 is 0. The minimum atomic E-state index is 0.0837. The standard InChI is InChI=1S/C20H26N4O2/c1-2-4-16(5-3-1)14-24-10-13-26-15-18(24)20-21-9-6-19(23-20)22-17-7-11-25-12-8-17/h1-6,9,17-18H,7-8,10-15H2,(H,21,22,23)/t18-/m1/s1. The first-order valence-electron chi connectivity index (χ1n) is 9.41. The number of benzene rings is 1. The summed E-state index contributed by atoms with van der Waals surface area (Å²) < 4.78 is 11.2. The summed E-state index contributed by atoms with van der Waals surface area (Å²) in [6.45, 7) is 4.79. The maximum Gasteiger partial charge on any atom is 0.150 e. The van der Waals surface area contributed by atoms with Crippen molar-refractivity contribution in [3.8, 4) is 0 Å². The van der Waals surface area contributed by atoms with Crippen LogP contribution in [0.3, 0.4) is 0 Å². The Morgan fingerprint density at radius 3 is 2.73 bits per heavy atom. The van der Waals surface area contributed by atoms with Gasteiger partial charge in [0.05, 0.1) is 19.3 Å². The molecule has 26 heavy (non-hydrogen) atoms. The van der Waals surface area contributed by atoms with Gasteiger partial charge in [-0.1, -0.05) is 30.3 Å². The molecule has 1 N–H and O–H groups in total. The van der Waals surface area contributed by atoms with E-state index >= 15 is 0 Å². The predicted molar refractivity (Wildman–Crippen MR) is 99.9 cm³/mol. The number of nitrogens with one attached hydrogen (secondary N) is 1. The first kappa shape index (κ1) is 17.4. The Bertz CT molecular complexity index is 691. The summed E-state index contributed by atoms with van der Waals surface area (Å²) in [4.78, 5) is 11.8. The zero-order valence-corrected chi connectivity index (χ0v) is 15.0. The quantitative estimate of drug-likeness (QED) is 0.891. The van der Waals surface area contributed by atoms with E-state index in [1.165, 1.54) is 5.56 Å². The van der Waals surface area contributed by atoms with Crippen LogP contribution in [0, 0.1) is 0 Å². The number of hydrogen-bond donors (Lipinski definition) is 1. The lowest BCUT2D eigenvalue weighted by Crippen LogP contribution is -2.40. The Morgan fingerprint density at radius 1 is 1.04 bits per heavy atom. The SMILES string of the molecule is c1ccc(CN2CCOC[C@@H]2c2nccc(NC3CCOCC3)n2)cc1. The second-order valence-electron chi connectivity index (χ2n) is 6.88. The van der Waals surface area contributed by atoms with Crippen LogP contribution in [0.15, 0.2) is 42.6 Å². The second-order valence-corrected chi connectivity index (χ2v) is 6.88. The molecule has 2 saturated heterocycles. The van der Waals surface area contributed by atoms with Gasteiger partial charge in [-0.25, -0.2) is 9.97 Å². The van der Waals surface area contributed by atoms with Gasteiger partial charge < -0.3 is 14.8 Å². The molecule has 0 radical (unpaired) electrons. The van der Waals surface area contributed by atoms with Crippen LogP contribution in [0.25, 0.3) is 0 Å². The van der Waals surface area contributed by atoms with E-state index in [0.717, 1.165) is 57.4 Å². The lowest BCUT2D eigenvalue weighted by Gasteiger charge is -2.34. The van der Waals surface area contributed by atoms with Crippen molar-refractivity contribution in [3.05, 3.63) is 54.0 Å². The number of hydrogen-bond acceptors (Lipinski definition) is 6. The van der Waals surface area contributed by atoms with E-state index in [9.17, 15) is 0 Å². The average Bonchev–Trinajstić information content (AvgIpc) is 2.70. The van der Waals surface area contributed by atoms with Gasteiger partial charge in [0.2, 0.25) is 0 Å². The highest BCUT2D eigenvalue weighted by Gasteiger charge is 2.27. The van der Waals surface area contributed by atoms with Gasteiger partial charge in [-0.3, -0.25) is 4.90 Å². The number of ether oxygens (including phenoxy) is 2. The van der Waals surface area contributed by atoms with E-state index in [-0.39, 0.29) is 6.04 Å². The van der Waals surface area contributed by atoms with Crippen molar-refractivity contribution in [2.45, 2.75) is 31.5 Å². The minimum Gasteiger partial charge on any atom is -0.381 e. The van der Waals surface area contributed by atoms with Crippen LogP contribution in [-0.2, 0) is 16.0 Å². The molecule has 0 saturated carbocycles. The molecular formula is C20H26N4O2. The van der Waals surface area contributed by atoms with Gasteiger partial charge in [0.1, 0.15) is 11.6 Å². The molecule has 0 bridgehead atoms. The molecule has 1 aromatic heterocycles. The first-order chi connectivity index (χ1) is 12.9. The van der Waals surface area contributed by atoms with Gasteiger partial charge in [0, 0.05) is 38.5 Å². The molecule has 1 atom stereocenters. The zero-order chi connectivity index (χ0) is 17.6. The molecule has 138 valence electrons. The van der Waals surface area contributed by atoms with Crippen molar-refractivity contribution < 1.29 is 9.47 Å². The van der Waals surface area contributed by atoms with Gasteiger partial charge in [-0.15, -0.1) is 0 Å². The fourth-order valence-electron chi connectivity index (χ4n) is 3.55. The third-order valence-electron chi connectivity index (χ3n) is 5.01. The Labute approximate surface area is 154 Å². The summed E-state index contributed by atoms with van der Waals surface area (Å²) in [5.74, 6) is 1.73. The van der Waals surface area contributed by atoms with E-state index in [0.29, 0.717) is 12.6 Å². The summed E-state index contributed by atoms with van der Waals surface area (Å²) in [7, 11) is 0. The Kier molecular flexibility index (Phi) is 5.74. The van der Waals surface area contributed by atoms with Crippen molar-refractivity contribution in [1.29, 1.82) is 0 Å². The molecule has 4 rings (SSSR count). The van der Waals surface area contributed by atoms with Crippen LogP contribution in [0.1, 0.15) is 30.3 Å². The molecule has 0 unspecified atom stereocenters. The Hall–Kier alpha value is -2.02. The summed E-state index contributed by atoms with van der Waals surface area (Å²) in [5.41, 5.74) is 1.30. The van der Waals surface area contributed by atoms with Crippen molar-refractivity contribution in [3.63, 3.8) is 0 Å². The maximum absolute atomic E-state index is 5.74. The molecule has 0 amide bonds. The lowest BCUT2D eigenvalue weighted by molar-refractivity contribution is -0.0159. The van der Waals surface area contributed by atoms with Crippen LogP contribution >= 0.6 is 0 Å². The van der Waals surface area contributed by atoms with Crippen molar-refractivity contribution in [2.75, 3.05) is 38.3 Å². The Balaban J connectivity index is 1.47. The van der Waals surface area contributed by atoms with Gasteiger partial charge in [0.15, 0.2) is 0 Å². The van der Waals surface area contributed by atoms with E-state index in [2.05, 4.69) is 45.5 Å². The molecule has 6 nitrogen and oxygen atoms in total. The van der Waals surface area contributed by atoms with Crippen LogP contribution in [0.4, 0.5) is 5.82 Å². The molecule has 2 aromatic rings. The van der Waals surface area contributed by atoms with Crippen LogP contribution < -0.4 is 5.32 Å². The molecule has 3 heterocycles. The topological polar surface area (TPSA) is 59.5 Å². The van der Waals surface area contributed by atoms with E-state index in [1.807, 2.05) is 12.3 Å². The van der Waals surface area contributed by atoms with Crippen molar-refractivity contribution >= 4 is 5.82 Å². The smallest absolute Gasteiger partial charge is 0.150 e. The number of morpholine rings is 1. The maximum atomic E-state index is 5.74. The third kappa shape index (κ3) is 4.38. The zero-order valence-electron chi connectivity index (χ0n) is 15.0. The predicted octanol–water partition coefficient (Wildman–Crippen LogP) is 2.64.